The van der Waals surface area contributed by atoms with E-state index in [-0.39, 0.29) is 5.78 Å². The van der Waals surface area contributed by atoms with E-state index in [9.17, 15) is 9.59 Å². The minimum absolute atomic E-state index is 0.0192. The fourth-order valence-corrected chi connectivity index (χ4v) is 6.10. The van der Waals surface area contributed by atoms with E-state index in [1.165, 1.54) is 6.92 Å². The molecule has 0 saturated heterocycles. The summed E-state index contributed by atoms with van der Waals surface area (Å²) >= 11 is 7.76. The van der Waals surface area contributed by atoms with Crippen molar-refractivity contribution >= 4 is 57.9 Å². The van der Waals surface area contributed by atoms with E-state index < -0.39 is 5.97 Å². The molecular formula is C39H35ClN2O3S. The number of anilines is 3. The molecule has 0 N–H and O–H groups in total. The van der Waals surface area contributed by atoms with Crippen LogP contribution in [0.4, 0.5) is 17.1 Å². The summed E-state index contributed by atoms with van der Waals surface area (Å²) in [6, 6.07) is 41.5. The molecule has 46 heavy (non-hydrogen) atoms. The van der Waals surface area contributed by atoms with Gasteiger partial charge in [-0.1, -0.05) is 78.3 Å². The maximum atomic E-state index is 13.4. The lowest BCUT2D eigenvalue weighted by molar-refractivity contribution is -0.140. The Hall–Kier alpha value is -4.65. The molecule has 5 aromatic carbocycles. The zero-order valence-electron chi connectivity index (χ0n) is 25.9. The molecule has 0 radical (unpaired) electrons. The van der Waals surface area contributed by atoms with Gasteiger partial charge in [0.25, 0.3) is 0 Å². The van der Waals surface area contributed by atoms with Gasteiger partial charge in [-0.25, -0.2) is 4.79 Å². The number of benzene rings is 5. The summed E-state index contributed by atoms with van der Waals surface area (Å²) in [6.07, 6.45) is 2.29. The van der Waals surface area contributed by atoms with Crippen LogP contribution in [0.15, 0.2) is 137 Å². The molecule has 0 saturated carbocycles. The average molecular weight is 647 g/mol. The fraction of sp³-hybridized carbons (Fsp3) is 0.154. The zero-order valence-corrected chi connectivity index (χ0v) is 27.4. The molecule has 0 spiro atoms. The van der Waals surface area contributed by atoms with Crippen molar-refractivity contribution in [3.05, 3.63) is 155 Å². The van der Waals surface area contributed by atoms with Gasteiger partial charge in [-0.3, -0.25) is 4.79 Å². The Morgan fingerprint density at radius 3 is 1.96 bits per heavy atom. The monoisotopic (exact) mass is 646 g/mol. The first-order chi connectivity index (χ1) is 22.4. The largest absolute Gasteiger partial charge is 0.331 e. The van der Waals surface area contributed by atoms with E-state index in [4.69, 9.17) is 16.4 Å². The molecule has 0 unspecified atom stereocenters. The van der Waals surface area contributed by atoms with E-state index in [2.05, 4.69) is 29.1 Å². The van der Waals surface area contributed by atoms with Crippen LogP contribution < -0.4 is 4.90 Å². The number of carbonyl (C=O) groups excluding carboxylic acids is 2. The van der Waals surface area contributed by atoms with Crippen molar-refractivity contribution in [3.63, 3.8) is 0 Å². The first kappa shape index (κ1) is 32.7. The van der Waals surface area contributed by atoms with Gasteiger partial charge < -0.3 is 9.74 Å². The maximum absolute atomic E-state index is 13.4. The van der Waals surface area contributed by atoms with Crippen molar-refractivity contribution in [1.82, 2.24) is 0 Å². The number of halogens is 1. The van der Waals surface area contributed by atoms with Gasteiger partial charge in [0.1, 0.15) is 0 Å². The van der Waals surface area contributed by atoms with Gasteiger partial charge >= 0.3 is 5.97 Å². The van der Waals surface area contributed by atoms with Gasteiger partial charge in [0.2, 0.25) is 0 Å². The molecule has 0 bridgehead atoms. The van der Waals surface area contributed by atoms with Crippen LogP contribution in [-0.4, -0.2) is 23.2 Å². The standard InChI is InChI=1S/C39H35ClN2O3S/c1-3-29-10-7-8-13-37(29)39(44)31-17-23-35(24-18-31)42(33-11-5-4-6-12-33)34-21-15-30(16-22-34)38(41-45-28(2)43)14-9-27-46-36-25-19-32(40)20-26-36/h4-8,10-13,15-26H,3,9,14,27H2,1-2H3/b41-38+. The minimum Gasteiger partial charge on any atom is -0.318 e. The molecule has 7 heteroatoms. The van der Waals surface area contributed by atoms with Crippen molar-refractivity contribution in [2.24, 2.45) is 5.16 Å². The number of ketones is 1. The number of hydrogen-bond acceptors (Lipinski definition) is 6. The predicted octanol–water partition coefficient (Wildman–Crippen LogP) is 10.4. The molecule has 5 aromatic rings. The predicted molar refractivity (Wildman–Crippen MR) is 190 cm³/mol. The van der Waals surface area contributed by atoms with Gasteiger partial charge in [0.05, 0.1) is 5.71 Å². The summed E-state index contributed by atoms with van der Waals surface area (Å²) in [4.78, 5) is 33.3. The van der Waals surface area contributed by atoms with Gasteiger partial charge in [-0.2, -0.15) is 0 Å². The molecule has 5 nitrogen and oxygen atoms in total. The van der Waals surface area contributed by atoms with Crippen molar-refractivity contribution in [2.75, 3.05) is 10.7 Å². The van der Waals surface area contributed by atoms with Crippen LogP contribution in [0.2, 0.25) is 5.02 Å². The lowest BCUT2D eigenvalue weighted by atomic mass is 9.97. The van der Waals surface area contributed by atoms with Crippen LogP contribution >= 0.6 is 23.4 Å². The molecule has 0 aliphatic carbocycles. The number of nitrogens with zero attached hydrogens (tertiary/aromatic N) is 2. The molecule has 0 aliphatic rings. The maximum Gasteiger partial charge on any atom is 0.331 e. The Labute approximate surface area is 279 Å². The van der Waals surface area contributed by atoms with E-state index >= 15 is 0 Å². The Kier molecular flexibility index (Phi) is 11.4. The Bertz CT molecular complexity index is 1790. The second-order valence-electron chi connectivity index (χ2n) is 10.6. The number of rotatable bonds is 13. The van der Waals surface area contributed by atoms with Crippen molar-refractivity contribution in [1.29, 1.82) is 0 Å². The van der Waals surface area contributed by atoms with E-state index in [1.807, 2.05) is 115 Å². The summed E-state index contributed by atoms with van der Waals surface area (Å²) in [7, 11) is 0. The highest BCUT2D eigenvalue weighted by molar-refractivity contribution is 7.99. The normalized spacial score (nSPS) is 11.2. The summed E-state index contributed by atoms with van der Waals surface area (Å²) in [5.74, 6) is 0.439. The topological polar surface area (TPSA) is 59.0 Å². The summed E-state index contributed by atoms with van der Waals surface area (Å²) < 4.78 is 0. The number of aryl methyl sites for hydroxylation is 1. The lowest BCUT2D eigenvalue weighted by Crippen LogP contribution is -2.11. The highest BCUT2D eigenvalue weighted by Gasteiger charge is 2.16. The van der Waals surface area contributed by atoms with Crippen molar-refractivity contribution in [2.45, 2.75) is 38.0 Å². The highest BCUT2D eigenvalue weighted by atomic mass is 35.5. The first-order valence-electron chi connectivity index (χ1n) is 15.2. The Morgan fingerprint density at radius 2 is 1.33 bits per heavy atom. The number of carbonyl (C=O) groups is 2. The Balaban J connectivity index is 1.37. The number of hydrogen-bond donors (Lipinski definition) is 0. The van der Waals surface area contributed by atoms with Crippen LogP contribution in [0.25, 0.3) is 0 Å². The summed E-state index contributed by atoms with van der Waals surface area (Å²) in [5, 5.41) is 4.92. The molecule has 232 valence electrons. The quantitative estimate of drug-likeness (QED) is 0.0318. The van der Waals surface area contributed by atoms with Crippen molar-refractivity contribution in [3.8, 4) is 0 Å². The smallest absolute Gasteiger partial charge is 0.318 e. The summed E-state index contributed by atoms with van der Waals surface area (Å²) in [6.45, 7) is 3.41. The molecule has 0 aromatic heterocycles. The molecule has 0 heterocycles. The average Bonchev–Trinajstić information content (AvgIpc) is 3.09. The van der Waals surface area contributed by atoms with E-state index in [0.717, 1.165) is 62.3 Å². The minimum atomic E-state index is -0.458. The number of thioether (sulfide) groups is 1. The van der Waals surface area contributed by atoms with Crippen LogP contribution in [0.1, 0.15) is 53.7 Å². The van der Waals surface area contributed by atoms with Crippen LogP contribution in [0, 0.1) is 0 Å². The summed E-state index contributed by atoms with van der Waals surface area (Å²) in [5.41, 5.74) is 6.86. The number of para-hydroxylation sites is 1. The number of oxime groups is 1. The molecule has 5 rings (SSSR count). The van der Waals surface area contributed by atoms with Crippen LogP contribution in [0.5, 0.6) is 0 Å². The fourth-order valence-electron chi connectivity index (χ4n) is 5.12. The van der Waals surface area contributed by atoms with Crippen molar-refractivity contribution < 1.29 is 14.4 Å². The third-order valence-electron chi connectivity index (χ3n) is 7.43. The zero-order chi connectivity index (χ0) is 32.3. The van der Waals surface area contributed by atoms with Gasteiger partial charge in [-0.05, 0) is 109 Å². The molecule has 0 amide bonds. The van der Waals surface area contributed by atoms with Gasteiger partial charge in [-0.15, -0.1) is 11.8 Å². The Morgan fingerprint density at radius 1 is 0.739 bits per heavy atom. The van der Waals surface area contributed by atoms with Gasteiger partial charge in [0.15, 0.2) is 5.78 Å². The van der Waals surface area contributed by atoms with Crippen LogP contribution in [-0.2, 0) is 16.1 Å². The third-order valence-corrected chi connectivity index (χ3v) is 8.78. The second kappa shape index (κ2) is 16.1. The SMILES string of the molecule is CCc1ccccc1C(=O)c1ccc(N(c2ccccc2)c2ccc(/C(CCCSc3ccc(Cl)cc3)=N/OC(C)=O)cc2)cc1. The van der Waals surface area contributed by atoms with E-state index in [1.54, 1.807) is 11.8 Å². The lowest BCUT2D eigenvalue weighted by Gasteiger charge is -2.26. The highest BCUT2D eigenvalue weighted by Crippen LogP contribution is 2.35. The molecule has 0 fully saturated rings. The molecule has 0 aliphatic heterocycles. The third kappa shape index (κ3) is 8.53. The second-order valence-corrected chi connectivity index (χ2v) is 12.2. The van der Waals surface area contributed by atoms with Crippen LogP contribution in [0.3, 0.4) is 0 Å². The first-order valence-corrected chi connectivity index (χ1v) is 16.6. The van der Waals surface area contributed by atoms with Gasteiger partial charge in [0, 0.05) is 45.0 Å². The molecular weight excluding hydrogens is 612 g/mol. The molecule has 0 atom stereocenters. The van der Waals surface area contributed by atoms with E-state index in [0.29, 0.717) is 17.7 Å².